The zero-order valence-electron chi connectivity index (χ0n) is 19.2. The Balaban J connectivity index is 1.31. The average Bonchev–Trinajstić information content (AvgIpc) is 3.51. The number of nitrogens with zero attached hydrogens (tertiary/aromatic N) is 4. The molecule has 2 amide bonds. The highest BCUT2D eigenvalue weighted by atomic mass is 16.5. The summed E-state index contributed by atoms with van der Waals surface area (Å²) in [5.74, 6) is 0.568. The van der Waals surface area contributed by atoms with E-state index in [1.165, 1.54) is 0 Å². The van der Waals surface area contributed by atoms with Gasteiger partial charge in [0, 0.05) is 31.0 Å². The van der Waals surface area contributed by atoms with Crippen LogP contribution >= 0.6 is 0 Å². The molecule has 0 atom stereocenters. The van der Waals surface area contributed by atoms with Crippen LogP contribution in [0.1, 0.15) is 6.42 Å². The van der Waals surface area contributed by atoms with Crippen molar-refractivity contribution in [2.45, 2.75) is 6.42 Å². The quantitative estimate of drug-likeness (QED) is 0.534. The van der Waals surface area contributed by atoms with E-state index in [0.717, 1.165) is 11.4 Å². The number of amides is 2. The van der Waals surface area contributed by atoms with Crippen molar-refractivity contribution in [2.24, 2.45) is 4.99 Å². The summed E-state index contributed by atoms with van der Waals surface area (Å²) in [4.78, 5) is 39.3. The predicted molar refractivity (Wildman–Crippen MR) is 132 cm³/mol. The summed E-state index contributed by atoms with van der Waals surface area (Å²) >= 11 is 0. The Kier molecular flexibility index (Phi) is 6.52. The lowest BCUT2D eigenvalue weighted by Gasteiger charge is -2.20. The first-order valence-electron chi connectivity index (χ1n) is 11.6. The number of anilines is 1. The van der Waals surface area contributed by atoms with Gasteiger partial charge < -0.3 is 14.5 Å². The number of aliphatic imine (C=N–C) groups is 1. The van der Waals surface area contributed by atoms with Gasteiger partial charge in [-0.3, -0.25) is 14.5 Å². The van der Waals surface area contributed by atoms with Crippen LogP contribution in [0.2, 0.25) is 0 Å². The lowest BCUT2D eigenvalue weighted by molar-refractivity contribution is -0.377. The van der Waals surface area contributed by atoms with Gasteiger partial charge in [0.05, 0.1) is 25.4 Å². The smallest absolute Gasteiger partial charge is 0.283 e. The van der Waals surface area contributed by atoms with E-state index in [1.807, 2.05) is 83.9 Å². The maximum absolute atomic E-state index is 13.4. The van der Waals surface area contributed by atoms with Gasteiger partial charge in [-0.05, 0) is 30.3 Å². The van der Waals surface area contributed by atoms with Crippen LogP contribution in [0.25, 0.3) is 0 Å². The Hall–Kier alpha value is -4.46. The highest BCUT2D eigenvalue weighted by molar-refractivity contribution is 6.52. The first kappa shape index (κ1) is 22.3. The van der Waals surface area contributed by atoms with E-state index >= 15 is 0 Å². The average molecular weight is 469 g/mol. The largest absolute Gasteiger partial charge is 0.493 e. The van der Waals surface area contributed by atoms with Gasteiger partial charge in [-0.25, -0.2) is 9.98 Å². The second-order valence-corrected chi connectivity index (χ2v) is 8.22. The minimum atomic E-state index is -0.198. The second-order valence-electron chi connectivity index (χ2n) is 8.22. The highest BCUT2D eigenvalue weighted by Gasteiger charge is 2.37. The third-order valence-electron chi connectivity index (χ3n) is 5.88. The molecule has 3 heterocycles. The third kappa shape index (κ3) is 5.06. The maximum Gasteiger partial charge on any atom is 0.283 e. The number of pyridine rings is 1. The number of hydrogen-bond donors (Lipinski definition) is 0. The number of para-hydroxylation sites is 2. The number of H-pyrrole nitrogens is 1. The molecule has 176 valence electrons. The van der Waals surface area contributed by atoms with Gasteiger partial charge in [0.15, 0.2) is 18.1 Å². The zero-order valence-corrected chi connectivity index (χ0v) is 19.2. The minimum absolute atomic E-state index is 0.0180. The SMILES string of the molecule is O=C(CCOc1ccccc1)N1CCN(C2=CN(c3ccccc3)C(=O)C2=Nc2ccc[nH+]c2)C1. The van der Waals surface area contributed by atoms with Crippen molar-refractivity contribution in [3.8, 4) is 5.75 Å². The van der Waals surface area contributed by atoms with Crippen molar-refractivity contribution < 1.29 is 19.3 Å². The van der Waals surface area contributed by atoms with Gasteiger partial charge in [0.25, 0.3) is 5.91 Å². The molecular formula is C27H26N5O3+. The van der Waals surface area contributed by atoms with Crippen molar-refractivity contribution in [1.29, 1.82) is 0 Å². The standard InChI is InChI=1S/C27H25N5O3/c33-25(13-17-35-23-11-5-2-6-12-23)31-16-15-30(20-31)24-19-32(22-9-3-1-4-10-22)27(34)26(24)29-21-8-7-14-28-18-21/h1-12,14,18-19H,13,15-17,20H2/p+1. The zero-order chi connectivity index (χ0) is 24.0. The van der Waals surface area contributed by atoms with Gasteiger partial charge in [-0.1, -0.05) is 36.4 Å². The van der Waals surface area contributed by atoms with Gasteiger partial charge in [-0.2, -0.15) is 0 Å². The fourth-order valence-electron chi connectivity index (χ4n) is 4.09. The van der Waals surface area contributed by atoms with E-state index in [2.05, 4.69) is 9.98 Å². The number of carbonyl (C=O) groups is 2. The number of benzene rings is 2. The fraction of sp³-hybridized carbons (Fsp3) is 0.185. The van der Waals surface area contributed by atoms with Crippen LogP contribution in [0.5, 0.6) is 5.75 Å². The van der Waals surface area contributed by atoms with E-state index < -0.39 is 0 Å². The van der Waals surface area contributed by atoms with Crippen LogP contribution in [0, 0.1) is 0 Å². The summed E-state index contributed by atoms with van der Waals surface area (Å²) in [6.07, 6.45) is 5.64. The Morgan fingerprint density at radius 1 is 0.971 bits per heavy atom. The number of nitrogens with one attached hydrogen (secondary N) is 1. The number of carbonyl (C=O) groups excluding carboxylic acids is 2. The van der Waals surface area contributed by atoms with Gasteiger partial charge in [-0.15, -0.1) is 0 Å². The third-order valence-corrected chi connectivity index (χ3v) is 5.88. The molecule has 0 radical (unpaired) electrons. The maximum atomic E-state index is 13.4. The van der Waals surface area contributed by atoms with Gasteiger partial charge in [0.2, 0.25) is 5.91 Å². The minimum Gasteiger partial charge on any atom is -0.493 e. The normalized spacial score (nSPS) is 16.7. The van der Waals surface area contributed by atoms with Crippen LogP contribution in [0.4, 0.5) is 11.4 Å². The summed E-state index contributed by atoms with van der Waals surface area (Å²) in [7, 11) is 0. The topological polar surface area (TPSA) is 79.6 Å². The number of hydrogen-bond acceptors (Lipinski definition) is 5. The molecule has 2 aliphatic heterocycles. The molecule has 0 bridgehead atoms. The lowest BCUT2D eigenvalue weighted by atomic mass is 10.2. The molecule has 1 saturated heterocycles. The lowest BCUT2D eigenvalue weighted by Crippen LogP contribution is -2.33. The number of aromatic nitrogens is 1. The molecule has 35 heavy (non-hydrogen) atoms. The fourth-order valence-corrected chi connectivity index (χ4v) is 4.09. The van der Waals surface area contributed by atoms with Crippen LogP contribution in [-0.4, -0.2) is 53.7 Å². The van der Waals surface area contributed by atoms with Crippen LogP contribution in [0.3, 0.4) is 0 Å². The molecule has 1 fully saturated rings. The van der Waals surface area contributed by atoms with Crippen molar-refractivity contribution >= 4 is 28.9 Å². The van der Waals surface area contributed by atoms with E-state index in [1.54, 1.807) is 22.2 Å². The Labute approximate surface area is 203 Å². The first-order chi connectivity index (χ1) is 17.2. The number of rotatable bonds is 7. The van der Waals surface area contributed by atoms with Crippen LogP contribution in [-0.2, 0) is 9.59 Å². The van der Waals surface area contributed by atoms with Crippen molar-refractivity contribution in [1.82, 2.24) is 9.80 Å². The summed E-state index contributed by atoms with van der Waals surface area (Å²) < 4.78 is 5.68. The molecule has 5 rings (SSSR count). The van der Waals surface area contributed by atoms with Crippen molar-refractivity contribution in [3.63, 3.8) is 0 Å². The Morgan fingerprint density at radius 2 is 1.74 bits per heavy atom. The molecule has 3 aromatic rings. The molecule has 0 saturated carbocycles. The molecule has 8 nitrogen and oxygen atoms in total. The molecule has 2 aliphatic rings. The molecule has 1 aromatic heterocycles. The van der Waals surface area contributed by atoms with Gasteiger partial charge >= 0.3 is 0 Å². The second kappa shape index (κ2) is 10.2. The molecule has 0 unspecified atom stereocenters. The first-order valence-corrected chi connectivity index (χ1v) is 11.6. The molecule has 0 spiro atoms. The van der Waals surface area contributed by atoms with Crippen LogP contribution < -0.4 is 14.6 Å². The molecule has 8 heteroatoms. The summed E-state index contributed by atoms with van der Waals surface area (Å²) in [6, 6.07) is 22.6. The summed E-state index contributed by atoms with van der Waals surface area (Å²) in [6.45, 7) is 1.91. The summed E-state index contributed by atoms with van der Waals surface area (Å²) in [5.41, 5.74) is 2.49. The van der Waals surface area contributed by atoms with Crippen molar-refractivity contribution in [3.05, 3.63) is 97.1 Å². The summed E-state index contributed by atoms with van der Waals surface area (Å²) in [5, 5.41) is 0. The molecule has 2 aromatic carbocycles. The predicted octanol–water partition coefficient (Wildman–Crippen LogP) is 3.03. The van der Waals surface area contributed by atoms with E-state index in [9.17, 15) is 9.59 Å². The number of aromatic amines is 1. The highest BCUT2D eigenvalue weighted by Crippen LogP contribution is 2.28. The molecule has 0 aliphatic carbocycles. The van der Waals surface area contributed by atoms with Crippen molar-refractivity contribution in [2.75, 3.05) is 31.3 Å². The van der Waals surface area contributed by atoms with E-state index in [0.29, 0.717) is 43.5 Å². The Morgan fingerprint density at radius 3 is 2.49 bits per heavy atom. The van der Waals surface area contributed by atoms with Gasteiger partial charge in [0.1, 0.15) is 11.4 Å². The number of ether oxygens (including phenoxy) is 1. The van der Waals surface area contributed by atoms with E-state index in [-0.39, 0.29) is 18.2 Å². The van der Waals surface area contributed by atoms with E-state index in [4.69, 9.17) is 4.74 Å². The van der Waals surface area contributed by atoms with Crippen LogP contribution in [0.15, 0.2) is 102 Å². The Bertz CT molecular complexity index is 1250. The monoisotopic (exact) mass is 468 g/mol. The molecule has 1 N–H and O–H groups in total. The molecular weight excluding hydrogens is 442 g/mol.